The lowest BCUT2D eigenvalue weighted by molar-refractivity contribution is -0.139. The highest BCUT2D eigenvalue weighted by Crippen LogP contribution is 2.22. The van der Waals surface area contributed by atoms with E-state index in [2.05, 4.69) is 5.32 Å². The van der Waals surface area contributed by atoms with Crippen LogP contribution in [0, 0.1) is 5.82 Å². The third-order valence-corrected chi connectivity index (χ3v) is 2.42. The Morgan fingerprint density at radius 1 is 1.33 bits per heavy atom. The zero-order valence-corrected chi connectivity index (χ0v) is 12.3. The maximum atomic E-state index is 13.6. The smallest absolute Gasteiger partial charge is 0.408 e. The van der Waals surface area contributed by atoms with Crippen molar-refractivity contribution in [2.24, 2.45) is 0 Å². The SMILES string of the molecule is COc1ccc([C@@H](NC(=O)OC(C)(C)C)C(=O)O)cc1F. The molecule has 2 N–H and O–H groups in total. The molecule has 0 heterocycles. The molecule has 1 aromatic rings. The van der Waals surface area contributed by atoms with Gasteiger partial charge in [-0.1, -0.05) is 6.07 Å². The highest BCUT2D eigenvalue weighted by Gasteiger charge is 2.26. The molecule has 1 atom stereocenters. The third-order valence-electron chi connectivity index (χ3n) is 2.42. The summed E-state index contributed by atoms with van der Waals surface area (Å²) in [5, 5.41) is 11.4. The number of ether oxygens (including phenoxy) is 2. The van der Waals surface area contributed by atoms with Gasteiger partial charge in [-0.25, -0.2) is 14.0 Å². The highest BCUT2D eigenvalue weighted by molar-refractivity contribution is 5.81. The van der Waals surface area contributed by atoms with Crippen molar-refractivity contribution in [2.75, 3.05) is 7.11 Å². The molecular formula is C14H18FNO5. The van der Waals surface area contributed by atoms with Gasteiger partial charge in [-0.05, 0) is 38.5 Å². The van der Waals surface area contributed by atoms with Gasteiger partial charge in [0.15, 0.2) is 17.6 Å². The Labute approximate surface area is 121 Å². The quantitative estimate of drug-likeness (QED) is 0.892. The Morgan fingerprint density at radius 3 is 2.38 bits per heavy atom. The Bertz CT molecular complexity index is 539. The van der Waals surface area contributed by atoms with E-state index in [0.29, 0.717) is 0 Å². The number of benzene rings is 1. The summed E-state index contributed by atoms with van der Waals surface area (Å²) in [5.74, 6) is -2.06. The molecule has 0 saturated heterocycles. The molecule has 6 nitrogen and oxygen atoms in total. The second-order valence-electron chi connectivity index (χ2n) is 5.31. The predicted molar refractivity (Wildman–Crippen MR) is 72.7 cm³/mol. The van der Waals surface area contributed by atoms with E-state index in [1.54, 1.807) is 20.8 Å². The summed E-state index contributed by atoms with van der Waals surface area (Å²) in [5.41, 5.74) is -0.690. The first-order valence-electron chi connectivity index (χ1n) is 6.20. The number of carbonyl (C=O) groups is 2. The first-order chi connectivity index (χ1) is 9.64. The van der Waals surface area contributed by atoms with Gasteiger partial charge in [0, 0.05) is 0 Å². The van der Waals surface area contributed by atoms with Crippen molar-refractivity contribution in [3.05, 3.63) is 29.6 Å². The molecule has 0 radical (unpaired) electrons. The van der Waals surface area contributed by atoms with Crippen molar-refractivity contribution < 1.29 is 28.6 Å². The molecule has 1 aromatic carbocycles. The summed E-state index contributed by atoms with van der Waals surface area (Å²) in [7, 11) is 1.30. The van der Waals surface area contributed by atoms with Gasteiger partial charge in [0.2, 0.25) is 0 Å². The summed E-state index contributed by atoms with van der Waals surface area (Å²) in [6, 6.07) is 2.23. The van der Waals surface area contributed by atoms with Crippen LogP contribution >= 0.6 is 0 Å². The van der Waals surface area contributed by atoms with E-state index >= 15 is 0 Å². The molecule has 0 aliphatic heterocycles. The lowest BCUT2D eigenvalue weighted by Gasteiger charge is -2.22. The highest BCUT2D eigenvalue weighted by atomic mass is 19.1. The lowest BCUT2D eigenvalue weighted by atomic mass is 10.1. The second-order valence-corrected chi connectivity index (χ2v) is 5.31. The van der Waals surface area contributed by atoms with Crippen molar-refractivity contribution in [2.45, 2.75) is 32.4 Å². The first kappa shape index (κ1) is 16.7. The van der Waals surface area contributed by atoms with E-state index in [4.69, 9.17) is 14.6 Å². The normalized spacial score (nSPS) is 12.4. The molecule has 0 saturated carbocycles. The van der Waals surface area contributed by atoms with Crippen LogP contribution in [0.2, 0.25) is 0 Å². The van der Waals surface area contributed by atoms with Crippen LogP contribution in [0.3, 0.4) is 0 Å². The fourth-order valence-electron chi connectivity index (χ4n) is 1.58. The Balaban J connectivity index is 2.95. The van der Waals surface area contributed by atoms with Crippen LogP contribution in [-0.4, -0.2) is 29.9 Å². The molecule has 0 bridgehead atoms. The monoisotopic (exact) mass is 299 g/mol. The van der Waals surface area contributed by atoms with Gasteiger partial charge in [0.25, 0.3) is 0 Å². The Morgan fingerprint density at radius 2 is 1.95 bits per heavy atom. The van der Waals surface area contributed by atoms with Crippen molar-refractivity contribution >= 4 is 12.1 Å². The maximum Gasteiger partial charge on any atom is 0.408 e. The number of aliphatic carboxylic acids is 1. The van der Waals surface area contributed by atoms with Gasteiger partial charge in [-0.3, -0.25) is 0 Å². The molecule has 0 unspecified atom stereocenters. The molecule has 0 aliphatic carbocycles. The number of nitrogens with one attached hydrogen (secondary N) is 1. The number of hydrogen-bond donors (Lipinski definition) is 2. The standard InChI is InChI=1S/C14H18FNO5/c1-14(2,3)21-13(19)16-11(12(17)18)8-5-6-10(20-4)9(15)7-8/h5-7,11H,1-4H3,(H,16,19)(H,17,18)/t11-/m1/s1. The molecule has 0 fully saturated rings. The van der Waals surface area contributed by atoms with E-state index in [1.165, 1.54) is 19.2 Å². The van der Waals surface area contributed by atoms with E-state index < -0.39 is 29.5 Å². The van der Waals surface area contributed by atoms with E-state index in [1.807, 2.05) is 0 Å². The van der Waals surface area contributed by atoms with E-state index in [0.717, 1.165) is 6.07 Å². The van der Waals surface area contributed by atoms with Gasteiger partial charge in [-0.15, -0.1) is 0 Å². The number of halogens is 1. The van der Waals surface area contributed by atoms with Gasteiger partial charge < -0.3 is 19.9 Å². The van der Waals surface area contributed by atoms with Crippen molar-refractivity contribution in [3.8, 4) is 5.75 Å². The largest absolute Gasteiger partial charge is 0.494 e. The second kappa shape index (κ2) is 6.43. The Hall–Kier alpha value is -2.31. The Kier molecular flexibility index (Phi) is 5.12. The van der Waals surface area contributed by atoms with Crippen LogP contribution in [0.4, 0.5) is 9.18 Å². The molecule has 0 aliphatic rings. The fourth-order valence-corrected chi connectivity index (χ4v) is 1.58. The third kappa shape index (κ3) is 4.94. The van der Waals surface area contributed by atoms with Gasteiger partial charge in [0.05, 0.1) is 7.11 Å². The lowest BCUT2D eigenvalue weighted by Crippen LogP contribution is -2.38. The van der Waals surface area contributed by atoms with Crippen LogP contribution in [-0.2, 0) is 9.53 Å². The van der Waals surface area contributed by atoms with Crippen LogP contribution in [0.25, 0.3) is 0 Å². The number of hydrogen-bond acceptors (Lipinski definition) is 4. The average molecular weight is 299 g/mol. The predicted octanol–water partition coefficient (Wildman–Crippen LogP) is 2.48. The number of carboxylic acid groups (broad SMARTS) is 1. The van der Waals surface area contributed by atoms with Crippen LogP contribution in [0.15, 0.2) is 18.2 Å². The molecule has 21 heavy (non-hydrogen) atoms. The zero-order chi connectivity index (χ0) is 16.2. The number of methoxy groups -OCH3 is 1. The molecule has 116 valence electrons. The van der Waals surface area contributed by atoms with Crippen molar-refractivity contribution in [1.82, 2.24) is 5.32 Å². The van der Waals surface area contributed by atoms with Crippen LogP contribution in [0.1, 0.15) is 32.4 Å². The summed E-state index contributed by atoms with van der Waals surface area (Å²) < 4.78 is 23.4. The topological polar surface area (TPSA) is 84.9 Å². The molecule has 1 rings (SSSR count). The summed E-state index contributed by atoms with van der Waals surface area (Å²) in [4.78, 5) is 22.9. The van der Waals surface area contributed by atoms with E-state index in [9.17, 15) is 14.0 Å². The number of carboxylic acids is 1. The minimum absolute atomic E-state index is 0.0137. The molecule has 1 amide bonds. The van der Waals surface area contributed by atoms with Crippen molar-refractivity contribution in [1.29, 1.82) is 0 Å². The number of amides is 1. The summed E-state index contributed by atoms with van der Waals surface area (Å²) in [6.45, 7) is 4.94. The summed E-state index contributed by atoms with van der Waals surface area (Å²) in [6.07, 6.45) is -0.897. The minimum atomic E-state index is -1.42. The molecular weight excluding hydrogens is 281 g/mol. The van der Waals surface area contributed by atoms with E-state index in [-0.39, 0.29) is 11.3 Å². The van der Waals surface area contributed by atoms with Gasteiger partial charge in [0.1, 0.15) is 5.60 Å². The van der Waals surface area contributed by atoms with Crippen LogP contribution < -0.4 is 10.1 Å². The number of carbonyl (C=O) groups excluding carboxylic acids is 1. The average Bonchev–Trinajstić information content (AvgIpc) is 2.33. The van der Waals surface area contributed by atoms with Crippen LogP contribution in [0.5, 0.6) is 5.75 Å². The minimum Gasteiger partial charge on any atom is -0.494 e. The number of rotatable bonds is 4. The van der Waals surface area contributed by atoms with Gasteiger partial charge in [-0.2, -0.15) is 0 Å². The van der Waals surface area contributed by atoms with Gasteiger partial charge >= 0.3 is 12.1 Å². The first-order valence-corrected chi connectivity index (χ1v) is 6.20. The molecule has 7 heteroatoms. The zero-order valence-electron chi connectivity index (χ0n) is 12.3. The summed E-state index contributed by atoms with van der Waals surface area (Å²) >= 11 is 0. The molecule has 0 spiro atoms. The molecule has 0 aromatic heterocycles. The maximum absolute atomic E-state index is 13.6. The fraction of sp³-hybridized carbons (Fsp3) is 0.429. The number of alkyl carbamates (subject to hydrolysis) is 1. The van der Waals surface area contributed by atoms with Crippen molar-refractivity contribution in [3.63, 3.8) is 0 Å².